The summed E-state index contributed by atoms with van der Waals surface area (Å²) in [4.78, 5) is 14.9. The second kappa shape index (κ2) is 8.55. The molecule has 1 aliphatic rings. The molecule has 1 aliphatic heterocycles. The number of amidine groups is 1. The van der Waals surface area contributed by atoms with E-state index in [2.05, 4.69) is 4.99 Å². The van der Waals surface area contributed by atoms with Crippen LogP contribution in [-0.2, 0) is 20.5 Å². The highest BCUT2D eigenvalue weighted by molar-refractivity contribution is 8.14. The van der Waals surface area contributed by atoms with Gasteiger partial charge in [-0.3, -0.25) is 4.99 Å². The normalized spacial score (nSPS) is 22.7. The third-order valence-corrected chi connectivity index (χ3v) is 6.15. The van der Waals surface area contributed by atoms with E-state index >= 15 is 0 Å². The maximum Gasteiger partial charge on any atom is 0.332 e. The highest BCUT2D eigenvalue weighted by Crippen LogP contribution is 2.39. The summed E-state index contributed by atoms with van der Waals surface area (Å²) < 4.78 is 23.0. The van der Waals surface area contributed by atoms with Crippen molar-refractivity contribution < 1.29 is 28.5 Å². The van der Waals surface area contributed by atoms with Crippen LogP contribution >= 0.6 is 23.4 Å². The lowest BCUT2D eigenvalue weighted by atomic mass is 10.0. The molecule has 1 aromatic carbocycles. The zero-order valence-corrected chi connectivity index (χ0v) is 16.6. The fourth-order valence-electron chi connectivity index (χ4n) is 1.98. The SMILES string of the molecule is CC(O)C(=O)O.CN=C1SCC(O)(c2ccc(Cl)c(S(N)(=O)=O)c2)N1C. The molecule has 1 heterocycles. The minimum atomic E-state index is -3.95. The van der Waals surface area contributed by atoms with Crippen molar-refractivity contribution in [2.24, 2.45) is 10.1 Å². The molecule has 0 saturated carbocycles. The van der Waals surface area contributed by atoms with Crippen LogP contribution in [-0.4, -0.2) is 65.7 Å². The standard InChI is InChI=1S/C11H14ClN3O3S2.C3H6O3/c1-14-10-15(2)11(16,6-19-10)7-3-4-8(12)9(5-7)20(13,17)18;1-2(4)3(5)6/h3-5,16H,6H2,1-2H3,(H2,13,17,18);2,4H,1H3,(H,5,6). The van der Waals surface area contributed by atoms with Crippen molar-refractivity contribution in [1.82, 2.24) is 4.90 Å². The Hall–Kier alpha value is -1.37. The Morgan fingerprint density at radius 1 is 1.50 bits per heavy atom. The molecule has 2 atom stereocenters. The number of hydrogen-bond donors (Lipinski definition) is 4. The number of carbonyl (C=O) groups is 1. The first-order valence-electron chi connectivity index (χ1n) is 7.14. The number of carboxylic acid groups (broad SMARTS) is 1. The van der Waals surface area contributed by atoms with E-state index in [1.54, 1.807) is 25.1 Å². The lowest BCUT2D eigenvalue weighted by Gasteiger charge is -2.31. The van der Waals surface area contributed by atoms with Crippen molar-refractivity contribution in [3.8, 4) is 0 Å². The van der Waals surface area contributed by atoms with Gasteiger partial charge < -0.3 is 20.2 Å². The summed E-state index contributed by atoms with van der Waals surface area (Å²) in [6.45, 7) is 1.20. The van der Waals surface area contributed by atoms with Crippen LogP contribution in [0.3, 0.4) is 0 Å². The van der Waals surface area contributed by atoms with Crippen LogP contribution in [0.1, 0.15) is 12.5 Å². The number of aliphatic carboxylic acids is 1. The number of aliphatic hydroxyl groups excluding tert-OH is 1. The zero-order valence-electron chi connectivity index (χ0n) is 14.2. The van der Waals surface area contributed by atoms with Gasteiger partial charge in [-0.25, -0.2) is 18.4 Å². The molecule has 1 saturated heterocycles. The first-order chi connectivity index (χ1) is 11.8. The molecule has 9 nitrogen and oxygen atoms in total. The van der Waals surface area contributed by atoms with Crippen LogP contribution in [0.4, 0.5) is 0 Å². The molecule has 0 bridgehead atoms. The Morgan fingerprint density at radius 2 is 2.04 bits per heavy atom. The Morgan fingerprint density at radius 3 is 2.42 bits per heavy atom. The third kappa shape index (κ3) is 5.09. The molecule has 26 heavy (non-hydrogen) atoms. The Labute approximate surface area is 160 Å². The average Bonchev–Trinajstić information content (AvgIpc) is 2.83. The van der Waals surface area contributed by atoms with E-state index in [1.807, 2.05) is 0 Å². The van der Waals surface area contributed by atoms with Gasteiger partial charge in [0.05, 0.1) is 10.8 Å². The highest BCUT2D eigenvalue weighted by atomic mass is 35.5. The van der Waals surface area contributed by atoms with E-state index in [1.165, 1.54) is 30.8 Å². The maximum atomic E-state index is 11.5. The molecule has 0 amide bonds. The number of nitrogens with two attached hydrogens (primary N) is 1. The van der Waals surface area contributed by atoms with Gasteiger partial charge in [-0.15, -0.1) is 0 Å². The lowest BCUT2D eigenvalue weighted by Crippen LogP contribution is -2.42. The molecular weight excluding hydrogens is 406 g/mol. The van der Waals surface area contributed by atoms with Gasteiger partial charge in [0.1, 0.15) is 11.0 Å². The molecule has 0 aromatic heterocycles. The van der Waals surface area contributed by atoms with Crippen molar-refractivity contribution in [2.75, 3.05) is 19.8 Å². The Balaban J connectivity index is 0.000000487. The van der Waals surface area contributed by atoms with Crippen molar-refractivity contribution in [2.45, 2.75) is 23.6 Å². The van der Waals surface area contributed by atoms with Crippen LogP contribution in [0, 0.1) is 0 Å². The van der Waals surface area contributed by atoms with Gasteiger partial charge in [-0.2, -0.15) is 0 Å². The minimum absolute atomic E-state index is 0.0255. The number of aliphatic imine (C=N–C) groups is 1. The first-order valence-corrected chi connectivity index (χ1v) is 10.0. The number of nitrogens with zero attached hydrogens (tertiary/aromatic N) is 2. The van der Waals surface area contributed by atoms with Gasteiger partial charge in [0.15, 0.2) is 10.9 Å². The summed E-state index contributed by atoms with van der Waals surface area (Å²) in [6, 6.07) is 4.29. The van der Waals surface area contributed by atoms with E-state index in [-0.39, 0.29) is 9.92 Å². The van der Waals surface area contributed by atoms with Gasteiger partial charge in [0, 0.05) is 19.7 Å². The van der Waals surface area contributed by atoms with Crippen LogP contribution in [0.2, 0.25) is 5.02 Å². The number of rotatable bonds is 3. The fraction of sp³-hybridized carbons (Fsp3) is 0.429. The van der Waals surface area contributed by atoms with Gasteiger partial charge >= 0.3 is 5.97 Å². The van der Waals surface area contributed by atoms with E-state index < -0.39 is 27.8 Å². The summed E-state index contributed by atoms with van der Waals surface area (Å²) in [7, 11) is -0.632. The summed E-state index contributed by atoms with van der Waals surface area (Å²) in [5.74, 6) is -0.850. The largest absolute Gasteiger partial charge is 0.479 e. The fourth-order valence-corrected chi connectivity index (χ4v) is 4.21. The number of sulfonamides is 1. The zero-order chi connectivity index (χ0) is 20.3. The number of aliphatic hydroxyl groups is 2. The molecule has 0 spiro atoms. The highest BCUT2D eigenvalue weighted by Gasteiger charge is 2.42. The predicted molar refractivity (Wildman–Crippen MR) is 99.6 cm³/mol. The predicted octanol–water partition coefficient (Wildman–Crippen LogP) is 0.249. The molecule has 1 aromatic rings. The van der Waals surface area contributed by atoms with Crippen molar-refractivity contribution >= 4 is 44.5 Å². The second-order valence-electron chi connectivity index (χ2n) is 5.37. The number of thioether (sulfide) groups is 1. The van der Waals surface area contributed by atoms with Crippen LogP contribution in [0.25, 0.3) is 0 Å². The average molecular weight is 426 g/mol. The van der Waals surface area contributed by atoms with E-state index in [9.17, 15) is 18.3 Å². The van der Waals surface area contributed by atoms with Crippen molar-refractivity contribution in [1.29, 1.82) is 0 Å². The molecule has 12 heteroatoms. The second-order valence-corrected chi connectivity index (χ2v) is 8.25. The number of carboxylic acids is 1. The van der Waals surface area contributed by atoms with Crippen LogP contribution in [0.15, 0.2) is 28.1 Å². The smallest absolute Gasteiger partial charge is 0.332 e. The summed E-state index contributed by atoms with van der Waals surface area (Å²) in [5.41, 5.74) is -0.941. The third-order valence-electron chi connectivity index (χ3n) is 3.49. The number of primary sulfonamides is 1. The van der Waals surface area contributed by atoms with Crippen molar-refractivity contribution in [3.63, 3.8) is 0 Å². The molecule has 2 unspecified atom stereocenters. The van der Waals surface area contributed by atoms with E-state index in [0.717, 1.165) is 0 Å². The number of hydrogen-bond acceptors (Lipinski definition) is 7. The maximum absolute atomic E-state index is 11.5. The van der Waals surface area contributed by atoms with Crippen LogP contribution < -0.4 is 5.14 Å². The van der Waals surface area contributed by atoms with Gasteiger partial charge in [0.2, 0.25) is 10.0 Å². The van der Waals surface area contributed by atoms with Gasteiger partial charge in [-0.05, 0) is 19.1 Å². The van der Waals surface area contributed by atoms with Crippen molar-refractivity contribution in [3.05, 3.63) is 28.8 Å². The summed E-state index contributed by atoms with van der Waals surface area (Å²) in [5, 5.41) is 32.3. The Bertz CT molecular complexity index is 815. The molecule has 0 radical (unpaired) electrons. The Kier molecular flexibility index (Phi) is 7.45. The quantitative estimate of drug-likeness (QED) is 0.537. The molecule has 5 N–H and O–H groups in total. The van der Waals surface area contributed by atoms with Gasteiger partial charge in [-0.1, -0.05) is 29.4 Å². The molecule has 146 valence electrons. The lowest BCUT2D eigenvalue weighted by molar-refractivity contribution is -0.145. The van der Waals surface area contributed by atoms with Gasteiger partial charge in [0.25, 0.3) is 0 Å². The summed E-state index contributed by atoms with van der Waals surface area (Å²) >= 11 is 7.22. The first kappa shape index (κ1) is 22.7. The molecule has 0 aliphatic carbocycles. The molecule has 1 fully saturated rings. The minimum Gasteiger partial charge on any atom is -0.479 e. The number of halogens is 1. The topological polar surface area (TPSA) is 154 Å². The number of benzene rings is 1. The van der Waals surface area contributed by atoms with Crippen LogP contribution in [0.5, 0.6) is 0 Å². The van der Waals surface area contributed by atoms with E-state index in [4.69, 9.17) is 27.0 Å². The van der Waals surface area contributed by atoms with E-state index in [0.29, 0.717) is 16.5 Å². The summed E-state index contributed by atoms with van der Waals surface area (Å²) in [6.07, 6.45) is -1.23. The monoisotopic (exact) mass is 425 g/mol. The molecule has 2 rings (SSSR count). The molecular formula is C14H20ClN3O6S2.